The van der Waals surface area contributed by atoms with Gasteiger partial charge in [-0.3, -0.25) is 4.79 Å². The van der Waals surface area contributed by atoms with Gasteiger partial charge in [0.25, 0.3) is 0 Å². The average molecular weight is 385 g/mol. The van der Waals surface area contributed by atoms with Crippen LogP contribution in [0.15, 0.2) is 18.2 Å². The molecule has 6 heteroatoms. The van der Waals surface area contributed by atoms with E-state index in [0.717, 1.165) is 19.3 Å². The number of halogens is 2. The van der Waals surface area contributed by atoms with E-state index in [2.05, 4.69) is 20.8 Å². The summed E-state index contributed by atoms with van der Waals surface area (Å²) in [5, 5.41) is 0.153. The fourth-order valence-electron chi connectivity index (χ4n) is 3.49. The first-order chi connectivity index (χ1) is 12.3. The Labute approximate surface area is 159 Å². The monoisotopic (exact) mass is 384 g/mol. The predicted molar refractivity (Wildman–Crippen MR) is 97.3 cm³/mol. The first-order valence-corrected chi connectivity index (χ1v) is 9.43. The summed E-state index contributed by atoms with van der Waals surface area (Å²) in [6.45, 7) is 5.93. The maximum Gasteiger partial charge on any atom is 0.344 e. The lowest BCUT2D eigenvalue weighted by molar-refractivity contribution is -0.166. The van der Waals surface area contributed by atoms with Crippen molar-refractivity contribution in [1.82, 2.24) is 0 Å². The maximum atomic E-state index is 13.7. The minimum atomic E-state index is -0.716. The van der Waals surface area contributed by atoms with Crippen molar-refractivity contribution in [3.8, 4) is 0 Å². The zero-order valence-corrected chi connectivity index (χ0v) is 16.2. The summed E-state index contributed by atoms with van der Waals surface area (Å²) in [5.74, 6) is -0.607. The SMILES string of the molecule is CC(C)[C@H]1CC[C@H](C)C[C@@H]1OC(=O)COC(=O)Cc1c(F)cccc1Cl. The number of benzene rings is 1. The van der Waals surface area contributed by atoms with Crippen LogP contribution < -0.4 is 0 Å². The van der Waals surface area contributed by atoms with E-state index in [9.17, 15) is 14.0 Å². The lowest BCUT2D eigenvalue weighted by Crippen LogP contribution is -2.36. The average Bonchev–Trinajstić information content (AvgIpc) is 2.56. The minimum absolute atomic E-state index is 0.0634. The van der Waals surface area contributed by atoms with Crippen molar-refractivity contribution < 1.29 is 23.5 Å². The highest BCUT2D eigenvalue weighted by Crippen LogP contribution is 2.35. The Hall–Kier alpha value is -1.62. The van der Waals surface area contributed by atoms with Crippen LogP contribution >= 0.6 is 11.6 Å². The Morgan fingerprint density at radius 3 is 2.65 bits per heavy atom. The van der Waals surface area contributed by atoms with E-state index < -0.39 is 24.4 Å². The molecule has 0 saturated heterocycles. The highest BCUT2D eigenvalue weighted by molar-refractivity contribution is 6.31. The van der Waals surface area contributed by atoms with Gasteiger partial charge in [-0.1, -0.05) is 44.9 Å². The summed E-state index contributed by atoms with van der Waals surface area (Å²) in [5.41, 5.74) is 0.0634. The number of carbonyl (C=O) groups is 2. The van der Waals surface area contributed by atoms with Gasteiger partial charge in [0.05, 0.1) is 6.42 Å². The quantitative estimate of drug-likeness (QED) is 0.674. The number of hydrogen-bond acceptors (Lipinski definition) is 4. The number of esters is 2. The number of carbonyl (C=O) groups excluding carboxylic acids is 2. The summed E-state index contributed by atoms with van der Waals surface area (Å²) in [6.07, 6.45) is 2.52. The predicted octanol–water partition coefficient (Wildman–Crippen LogP) is 4.57. The van der Waals surface area contributed by atoms with Gasteiger partial charge in [0.15, 0.2) is 6.61 Å². The molecule has 0 spiro atoms. The first-order valence-electron chi connectivity index (χ1n) is 9.06. The third kappa shape index (κ3) is 5.70. The van der Waals surface area contributed by atoms with E-state index in [1.165, 1.54) is 18.2 Å². The molecule has 0 unspecified atom stereocenters. The summed E-state index contributed by atoms with van der Waals surface area (Å²) >= 11 is 5.89. The van der Waals surface area contributed by atoms with Crippen LogP contribution in [0, 0.1) is 23.6 Å². The standard InChI is InChI=1S/C20H26ClFO4/c1-12(2)14-8-7-13(3)9-18(14)26-20(24)11-25-19(23)10-15-16(21)5-4-6-17(15)22/h4-6,12-14,18H,7-11H2,1-3H3/t13-,14+,18-/m0/s1. The van der Waals surface area contributed by atoms with E-state index in [1.54, 1.807) is 0 Å². The molecule has 1 saturated carbocycles. The van der Waals surface area contributed by atoms with Gasteiger partial charge < -0.3 is 9.47 Å². The molecule has 0 bridgehead atoms. The molecule has 0 aromatic heterocycles. The molecule has 1 aromatic rings. The van der Waals surface area contributed by atoms with Crippen LogP contribution in [0.5, 0.6) is 0 Å². The molecule has 0 aliphatic heterocycles. The Morgan fingerprint density at radius 1 is 1.27 bits per heavy atom. The Bertz CT molecular complexity index is 626. The van der Waals surface area contributed by atoms with Gasteiger partial charge in [0.1, 0.15) is 11.9 Å². The largest absolute Gasteiger partial charge is 0.460 e. The van der Waals surface area contributed by atoms with Gasteiger partial charge in [-0.05, 0) is 42.7 Å². The Balaban J connectivity index is 1.84. The van der Waals surface area contributed by atoms with Crippen LogP contribution in [0.1, 0.15) is 45.6 Å². The smallest absolute Gasteiger partial charge is 0.344 e. The van der Waals surface area contributed by atoms with Crippen molar-refractivity contribution >= 4 is 23.5 Å². The summed E-state index contributed by atoms with van der Waals surface area (Å²) in [6, 6.07) is 4.18. The number of ether oxygens (including phenoxy) is 2. The van der Waals surface area contributed by atoms with Crippen molar-refractivity contribution in [2.24, 2.45) is 17.8 Å². The fraction of sp³-hybridized carbons (Fsp3) is 0.600. The number of rotatable bonds is 6. The summed E-state index contributed by atoms with van der Waals surface area (Å²) < 4.78 is 24.2. The summed E-state index contributed by atoms with van der Waals surface area (Å²) in [4.78, 5) is 24.0. The summed E-state index contributed by atoms with van der Waals surface area (Å²) in [7, 11) is 0. The molecule has 1 aromatic carbocycles. The van der Waals surface area contributed by atoms with Crippen LogP contribution in [0.2, 0.25) is 5.02 Å². The third-order valence-corrected chi connectivity index (χ3v) is 5.33. The molecule has 26 heavy (non-hydrogen) atoms. The molecule has 1 aliphatic carbocycles. The van der Waals surface area contributed by atoms with Gasteiger partial charge in [0, 0.05) is 10.6 Å². The molecule has 0 heterocycles. The topological polar surface area (TPSA) is 52.6 Å². The van der Waals surface area contributed by atoms with E-state index in [0.29, 0.717) is 17.8 Å². The highest BCUT2D eigenvalue weighted by Gasteiger charge is 2.33. The normalized spacial score (nSPS) is 22.9. The van der Waals surface area contributed by atoms with E-state index >= 15 is 0 Å². The van der Waals surface area contributed by atoms with Crippen LogP contribution in [0.25, 0.3) is 0 Å². The molecule has 4 nitrogen and oxygen atoms in total. The molecule has 0 radical (unpaired) electrons. The zero-order valence-electron chi connectivity index (χ0n) is 15.5. The van der Waals surface area contributed by atoms with Gasteiger partial charge in [-0.2, -0.15) is 0 Å². The van der Waals surface area contributed by atoms with Crippen molar-refractivity contribution in [2.45, 2.75) is 52.6 Å². The lowest BCUT2D eigenvalue weighted by Gasteiger charge is -2.36. The Morgan fingerprint density at radius 2 is 2.00 bits per heavy atom. The molecular weight excluding hydrogens is 359 g/mol. The maximum absolute atomic E-state index is 13.7. The van der Waals surface area contributed by atoms with Crippen molar-refractivity contribution in [2.75, 3.05) is 6.61 Å². The molecule has 0 amide bonds. The highest BCUT2D eigenvalue weighted by atomic mass is 35.5. The number of hydrogen-bond donors (Lipinski definition) is 0. The van der Waals surface area contributed by atoms with Crippen LogP contribution in [0.4, 0.5) is 4.39 Å². The van der Waals surface area contributed by atoms with Crippen LogP contribution in [-0.2, 0) is 25.5 Å². The molecule has 2 rings (SSSR count). The second-order valence-electron chi connectivity index (χ2n) is 7.39. The van der Waals surface area contributed by atoms with Gasteiger partial charge in [0.2, 0.25) is 0 Å². The van der Waals surface area contributed by atoms with Crippen LogP contribution in [-0.4, -0.2) is 24.6 Å². The molecule has 1 aliphatic rings. The third-order valence-electron chi connectivity index (χ3n) is 4.98. The van der Waals surface area contributed by atoms with Gasteiger partial charge >= 0.3 is 11.9 Å². The second-order valence-corrected chi connectivity index (χ2v) is 7.80. The van der Waals surface area contributed by atoms with E-state index in [-0.39, 0.29) is 23.1 Å². The fourth-order valence-corrected chi connectivity index (χ4v) is 3.72. The van der Waals surface area contributed by atoms with Crippen molar-refractivity contribution in [3.05, 3.63) is 34.6 Å². The van der Waals surface area contributed by atoms with E-state index in [1.807, 2.05) is 0 Å². The van der Waals surface area contributed by atoms with Crippen molar-refractivity contribution in [3.63, 3.8) is 0 Å². The van der Waals surface area contributed by atoms with Gasteiger partial charge in [-0.25, -0.2) is 9.18 Å². The molecule has 3 atom stereocenters. The molecular formula is C20H26ClFO4. The van der Waals surface area contributed by atoms with E-state index in [4.69, 9.17) is 21.1 Å². The van der Waals surface area contributed by atoms with Gasteiger partial charge in [-0.15, -0.1) is 0 Å². The molecule has 144 valence electrons. The van der Waals surface area contributed by atoms with Crippen molar-refractivity contribution in [1.29, 1.82) is 0 Å². The second kappa shape index (κ2) is 9.36. The lowest BCUT2D eigenvalue weighted by atomic mass is 9.75. The van der Waals surface area contributed by atoms with Crippen LogP contribution in [0.3, 0.4) is 0 Å². The molecule has 1 fully saturated rings. The first kappa shape index (κ1) is 20.7. The minimum Gasteiger partial charge on any atom is -0.460 e. The zero-order chi connectivity index (χ0) is 19.3. The Kier molecular flexibility index (Phi) is 7.44. The molecule has 0 N–H and O–H groups in total.